The zero-order chi connectivity index (χ0) is 19.6. The van der Waals surface area contributed by atoms with E-state index in [1.807, 2.05) is 20.0 Å². The number of nitrogens with zero attached hydrogens (tertiary/aromatic N) is 5. The molecular formula is C17H26N6O3S. The van der Waals surface area contributed by atoms with Crippen LogP contribution in [0.5, 0.6) is 0 Å². The lowest BCUT2D eigenvalue weighted by atomic mass is 9.99. The van der Waals surface area contributed by atoms with Crippen molar-refractivity contribution in [3.8, 4) is 0 Å². The van der Waals surface area contributed by atoms with Crippen LogP contribution < -0.4 is 5.32 Å². The Morgan fingerprint density at radius 3 is 2.81 bits per heavy atom. The summed E-state index contributed by atoms with van der Waals surface area (Å²) in [5.41, 5.74) is 1.38. The highest BCUT2D eigenvalue weighted by Gasteiger charge is 2.35. The molecule has 27 heavy (non-hydrogen) atoms. The maximum absolute atomic E-state index is 13.0. The highest BCUT2D eigenvalue weighted by molar-refractivity contribution is 7.89. The second-order valence-corrected chi connectivity index (χ2v) is 8.71. The largest absolute Gasteiger partial charge is 0.350 e. The Kier molecular flexibility index (Phi) is 5.66. The molecule has 148 valence electrons. The van der Waals surface area contributed by atoms with E-state index in [9.17, 15) is 13.2 Å². The number of hydrogen-bond donors (Lipinski definition) is 1. The van der Waals surface area contributed by atoms with E-state index in [4.69, 9.17) is 0 Å². The number of nitrogens with one attached hydrogen (secondary N) is 1. The summed E-state index contributed by atoms with van der Waals surface area (Å²) >= 11 is 0. The fraction of sp³-hybridized carbons (Fsp3) is 0.588. The van der Waals surface area contributed by atoms with Gasteiger partial charge in [-0.05, 0) is 32.8 Å². The van der Waals surface area contributed by atoms with Gasteiger partial charge in [0, 0.05) is 39.1 Å². The molecule has 2 aromatic rings. The molecule has 0 bridgehead atoms. The lowest BCUT2D eigenvalue weighted by Crippen LogP contribution is -2.45. The second-order valence-electron chi connectivity index (χ2n) is 6.80. The topological polar surface area (TPSA) is 102 Å². The van der Waals surface area contributed by atoms with Gasteiger partial charge in [0.15, 0.2) is 0 Å². The van der Waals surface area contributed by atoms with E-state index >= 15 is 0 Å². The number of amides is 1. The number of carbonyl (C=O) groups is 1. The first-order valence-corrected chi connectivity index (χ1v) is 10.6. The van der Waals surface area contributed by atoms with Crippen LogP contribution in [-0.4, -0.2) is 51.3 Å². The number of piperidine rings is 1. The van der Waals surface area contributed by atoms with Crippen molar-refractivity contribution in [2.45, 2.75) is 44.7 Å². The summed E-state index contributed by atoms with van der Waals surface area (Å²) in [6.07, 6.45) is 4.58. The molecular weight excluding hydrogens is 368 g/mol. The molecule has 0 aliphatic carbocycles. The number of sulfonamides is 1. The van der Waals surface area contributed by atoms with Crippen molar-refractivity contribution in [3.63, 3.8) is 0 Å². The fourth-order valence-electron chi connectivity index (χ4n) is 3.33. The number of aromatic nitrogens is 4. The summed E-state index contributed by atoms with van der Waals surface area (Å²) in [5, 5.41) is 11.2. The van der Waals surface area contributed by atoms with Crippen molar-refractivity contribution in [1.29, 1.82) is 0 Å². The molecule has 0 aromatic carbocycles. The van der Waals surface area contributed by atoms with Crippen molar-refractivity contribution in [1.82, 2.24) is 29.2 Å². The Labute approximate surface area is 159 Å². The third kappa shape index (κ3) is 4.06. The van der Waals surface area contributed by atoms with Crippen LogP contribution in [0.25, 0.3) is 0 Å². The monoisotopic (exact) mass is 394 g/mol. The van der Waals surface area contributed by atoms with Crippen LogP contribution in [0, 0.1) is 12.8 Å². The number of rotatable bonds is 6. The van der Waals surface area contributed by atoms with E-state index < -0.39 is 10.0 Å². The molecule has 0 spiro atoms. The van der Waals surface area contributed by atoms with Crippen LogP contribution in [0.4, 0.5) is 0 Å². The van der Waals surface area contributed by atoms with Gasteiger partial charge in [-0.1, -0.05) is 0 Å². The smallest absolute Gasteiger partial charge is 0.246 e. The van der Waals surface area contributed by atoms with Gasteiger partial charge in [0.1, 0.15) is 4.90 Å². The van der Waals surface area contributed by atoms with Crippen LogP contribution >= 0.6 is 0 Å². The summed E-state index contributed by atoms with van der Waals surface area (Å²) < 4.78 is 30.8. The summed E-state index contributed by atoms with van der Waals surface area (Å²) in [4.78, 5) is 12.8. The first kappa shape index (κ1) is 19.6. The Balaban J connectivity index is 1.68. The Morgan fingerprint density at radius 1 is 1.41 bits per heavy atom. The van der Waals surface area contributed by atoms with Crippen molar-refractivity contribution >= 4 is 15.9 Å². The summed E-state index contributed by atoms with van der Waals surface area (Å²) in [7, 11) is -1.84. The van der Waals surface area contributed by atoms with Gasteiger partial charge < -0.3 is 5.32 Å². The molecule has 1 atom stereocenters. The molecule has 2 aromatic heterocycles. The van der Waals surface area contributed by atoms with Crippen LogP contribution in [0.3, 0.4) is 0 Å². The molecule has 1 fully saturated rings. The molecule has 1 aliphatic rings. The minimum absolute atomic E-state index is 0.128. The van der Waals surface area contributed by atoms with Crippen molar-refractivity contribution in [2.75, 3.05) is 13.1 Å². The first-order chi connectivity index (χ1) is 12.8. The van der Waals surface area contributed by atoms with Gasteiger partial charge in [-0.3, -0.25) is 14.2 Å². The number of hydrogen-bond acceptors (Lipinski definition) is 5. The molecule has 1 aliphatic heterocycles. The molecule has 0 radical (unpaired) electrons. The molecule has 10 heteroatoms. The van der Waals surface area contributed by atoms with Crippen molar-refractivity contribution in [3.05, 3.63) is 29.8 Å². The van der Waals surface area contributed by atoms with E-state index in [1.54, 1.807) is 28.7 Å². The molecule has 3 heterocycles. The van der Waals surface area contributed by atoms with E-state index in [1.165, 1.54) is 4.31 Å². The molecule has 0 saturated carbocycles. The summed E-state index contributed by atoms with van der Waals surface area (Å²) in [6, 6.07) is 1.84. The predicted molar refractivity (Wildman–Crippen MR) is 99.2 cm³/mol. The van der Waals surface area contributed by atoms with Crippen LogP contribution in [-0.2, 0) is 35.0 Å². The Morgan fingerprint density at radius 2 is 2.19 bits per heavy atom. The van der Waals surface area contributed by atoms with Gasteiger partial charge in [-0.15, -0.1) is 0 Å². The van der Waals surface area contributed by atoms with Gasteiger partial charge in [-0.25, -0.2) is 8.42 Å². The lowest BCUT2D eigenvalue weighted by molar-refractivity contribution is -0.126. The highest BCUT2D eigenvalue weighted by atomic mass is 32.2. The van der Waals surface area contributed by atoms with Crippen molar-refractivity contribution in [2.24, 2.45) is 13.0 Å². The first-order valence-electron chi connectivity index (χ1n) is 9.11. The minimum Gasteiger partial charge on any atom is -0.350 e. The van der Waals surface area contributed by atoms with Crippen LogP contribution in [0.1, 0.15) is 31.2 Å². The van der Waals surface area contributed by atoms with Gasteiger partial charge in [0.05, 0.1) is 23.9 Å². The quantitative estimate of drug-likeness (QED) is 0.776. The predicted octanol–water partition coefficient (Wildman–Crippen LogP) is 0.662. The van der Waals surface area contributed by atoms with E-state index in [2.05, 4.69) is 15.5 Å². The van der Waals surface area contributed by atoms with Crippen LogP contribution in [0.15, 0.2) is 23.4 Å². The highest BCUT2D eigenvalue weighted by Crippen LogP contribution is 2.25. The molecule has 1 amide bonds. The average Bonchev–Trinajstić information content (AvgIpc) is 3.25. The zero-order valence-corrected chi connectivity index (χ0v) is 16.7. The Hall–Kier alpha value is -2.20. The lowest BCUT2D eigenvalue weighted by Gasteiger charge is -2.31. The summed E-state index contributed by atoms with van der Waals surface area (Å²) in [5.74, 6) is -0.486. The van der Waals surface area contributed by atoms with Gasteiger partial charge in [0.25, 0.3) is 0 Å². The third-order valence-corrected chi connectivity index (χ3v) is 6.93. The fourth-order valence-corrected chi connectivity index (χ4v) is 5.02. The maximum Gasteiger partial charge on any atom is 0.246 e. The second kappa shape index (κ2) is 7.81. The average molecular weight is 395 g/mol. The van der Waals surface area contributed by atoms with E-state index in [-0.39, 0.29) is 23.3 Å². The normalized spacial score (nSPS) is 18.6. The molecule has 1 saturated heterocycles. The number of aryl methyl sites for hydroxylation is 3. The van der Waals surface area contributed by atoms with E-state index in [0.29, 0.717) is 38.2 Å². The minimum atomic E-state index is -3.66. The molecule has 1 unspecified atom stereocenters. The van der Waals surface area contributed by atoms with Crippen molar-refractivity contribution < 1.29 is 13.2 Å². The molecule has 9 nitrogen and oxygen atoms in total. The van der Waals surface area contributed by atoms with Gasteiger partial charge in [0.2, 0.25) is 15.9 Å². The standard InChI is InChI=1S/C17H26N6O3S/c1-4-22-12-16(13(2)20-22)27(25,26)23-9-5-6-14(11-23)17(24)18-10-15-7-8-19-21(15)3/h7-8,12,14H,4-6,9-11H2,1-3H3,(H,18,24). The Bertz CT molecular complexity index is 917. The maximum atomic E-state index is 13.0. The SMILES string of the molecule is CCn1cc(S(=O)(=O)N2CCCC(C(=O)NCc3ccnn3C)C2)c(C)n1. The molecule has 3 rings (SSSR count). The molecule has 1 N–H and O–H groups in total. The van der Waals surface area contributed by atoms with Crippen LogP contribution in [0.2, 0.25) is 0 Å². The van der Waals surface area contributed by atoms with E-state index in [0.717, 1.165) is 5.69 Å². The third-order valence-electron chi connectivity index (χ3n) is 4.96. The zero-order valence-electron chi connectivity index (χ0n) is 15.9. The van der Waals surface area contributed by atoms with Gasteiger partial charge >= 0.3 is 0 Å². The summed E-state index contributed by atoms with van der Waals surface area (Å²) in [6.45, 7) is 5.20. The van der Waals surface area contributed by atoms with Gasteiger partial charge in [-0.2, -0.15) is 14.5 Å². The number of carbonyl (C=O) groups excluding carboxylic acids is 1.